The first-order valence-electron chi connectivity index (χ1n) is 7.24. The van der Waals surface area contributed by atoms with E-state index in [1.54, 1.807) is 16.2 Å². The first kappa shape index (κ1) is 14.6. The Morgan fingerprint density at radius 2 is 2.00 bits per heavy atom. The molecule has 0 fully saturated rings. The predicted octanol–water partition coefficient (Wildman–Crippen LogP) is 4.48. The van der Waals surface area contributed by atoms with Crippen molar-refractivity contribution in [3.63, 3.8) is 0 Å². The Morgan fingerprint density at radius 3 is 2.83 bits per heavy atom. The third-order valence-electron chi connectivity index (χ3n) is 3.96. The number of hydrogen-bond acceptors (Lipinski definition) is 3. The van der Waals surface area contributed by atoms with Gasteiger partial charge in [0, 0.05) is 27.2 Å². The fourth-order valence-electron chi connectivity index (χ4n) is 2.83. The van der Waals surface area contributed by atoms with Crippen LogP contribution >= 0.6 is 27.3 Å². The molecule has 2 aromatic carbocycles. The number of carbonyl (C=O) groups is 1. The number of thiophene rings is 1. The Kier molecular flexibility index (Phi) is 3.54. The van der Waals surface area contributed by atoms with Crippen molar-refractivity contribution in [3.05, 3.63) is 63.4 Å². The molecule has 0 unspecified atom stereocenters. The van der Waals surface area contributed by atoms with E-state index in [0.29, 0.717) is 0 Å². The Morgan fingerprint density at radius 1 is 1.17 bits per heavy atom. The zero-order chi connectivity index (χ0) is 16.0. The van der Waals surface area contributed by atoms with Crippen molar-refractivity contribution in [3.8, 4) is 0 Å². The number of rotatable bonds is 1. The first-order valence-corrected chi connectivity index (χ1v) is 8.85. The fraction of sp³-hybridized carbons (Fsp3) is 0.111. The lowest BCUT2D eigenvalue weighted by atomic mass is 10.1. The van der Waals surface area contributed by atoms with Crippen LogP contribution in [0.25, 0.3) is 10.1 Å². The van der Waals surface area contributed by atoms with Crippen LogP contribution in [0, 0.1) is 0 Å². The highest BCUT2D eigenvalue weighted by atomic mass is 79.9. The van der Waals surface area contributed by atoms with Gasteiger partial charge in [-0.05, 0) is 18.2 Å². The molecule has 1 aliphatic rings. The standard InChI is InChI=1S/C18H13BrN2OS/c1-21-15(22)10-20-16(11-5-4-6-12(19)9-11)18-17(21)13-7-2-3-8-14(13)23-18/h2-9H,10H2,1H3. The SMILES string of the molecule is CN1C(=O)CN=C(c2cccc(Br)c2)c2sc3ccccc3c21. The van der Waals surface area contributed by atoms with Gasteiger partial charge < -0.3 is 4.90 Å². The predicted molar refractivity (Wildman–Crippen MR) is 99.9 cm³/mol. The topological polar surface area (TPSA) is 32.7 Å². The van der Waals surface area contributed by atoms with Crippen LogP contribution in [-0.4, -0.2) is 25.2 Å². The molecule has 3 nitrogen and oxygen atoms in total. The van der Waals surface area contributed by atoms with Crippen molar-refractivity contribution in [2.24, 2.45) is 4.99 Å². The Labute approximate surface area is 146 Å². The van der Waals surface area contributed by atoms with Crippen molar-refractivity contribution in [1.82, 2.24) is 0 Å². The van der Waals surface area contributed by atoms with E-state index in [4.69, 9.17) is 0 Å². The van der Waals surface area contributed by atoms with Crippen LogP contribution in [0.2, 0.25) is 0 Å². The first-order chi connectivity index (χ1) is 11.1. The van der Waals surface area contributed by atoms with Crippen LogP contribution < -0.4 is 4.90 Å². The van der Waals surface area contributed by atoms with E-state index in [1.807, 2.05) is 43.4 Å². The van der Waals surface area contributed by atoms with Crippen LogP contribution in [0.1, 0.15) is 10.4 Å². The van der Waals surface area contributed by atoms with Gasteiger partial charge in [0.25, 0.3) is 0 Å². The molecule has 0 saturated heterocycles. The number of amides is 1. The maximum absolute atomic E-state index is 12.4. The van der Waals surface area contributed by atoms with Crippen molar-refractivity contribution < 1.29 is 4.79 Å². The summed E-state index contributed by atoms with van der Waals surface area (Å²) >= 11 is 5.21. The zero-order valence-electron chi connectivity index (χ0n) is 12.4. The van der Waals surface area contributed by atoms with Crippen molar-refractivity contribution in [1.29, 1.82) is 0 Å². The van der Waals surface area contributed by atoms with Gasteiger partial charge in [0.15, 0.2) is 0 Å². The lowest BCUT2D eigenvalue weighted by molar-refractivity contribution is -0.116. The molecule has 0 atom stereocenters. The molecule has 5 heteroatoms. The Bertz CT molecular complexity index is 961. The summed E-state index contributed by atoms with van der Waals surface area (Å²) in [7, 11) is 1.83. The number of halogens is 1. The highest BCUT2D eigenvalue weighted by molar-refractivity contribution is 9.10. The third kappa shape index (κ3) is 2.40. The number of nitrogens with zero attached hydrogens (tertiary/aromatic N) is 2. The number of benzene rings is 2. The number of anilines is 1. The summed E-state index contributed by atoms with van der Waals surface area (Å²) in [6, 6.07) is 16.2. The van der Waals surface area contributed by atoms with E-state index in [2.05, 4.69) is 33.1 Å². The van der Waals surface area contributed by atoms with Crippen LogP contribution in [0.5, 0.6) is 0 Å². The highest BCUT2D eigenvalue weighted by Gasteiger charge is 2.26. The molecule has 0 radical (unpaired) electrons. The second-order valence-electron chi connectivity index (χ2n) is 5.40. The summed E-state index contributed by atoms with van der Waals surface area (Å²) in [5.41, 5.74) is 2.88. The maximum atomic E-state index is 12.4. The summed E-state index contributed by atoms with van der Waals surface area (Å²) in [6.07, 6.45) is 0. The van der Waals surface area contributed by atoms with Crippen molar-refractivity contribution in [2.75, 3.05) is 18.5 Å². The number of fused-ring (bicyclic) bond motifs is 3. The molecule has 0 saturated carbocycles. The van der Waals surface area contributed by atoms with Gasteiger partial charge >= 0.3 is 0 Å². The lowest BCUT2D eigenvalue weighted by Crippen LogP contribution is -2.27. The molecule has 0 spiro atoms. The molecule has 0 bridgehead atoms. The molecule has 1 amide bonds. The summed E-state index contributed by atoms with van der Waals surface area (Å²) < 4.78 is 2.17. The summed E-state index contributed by atoms with van der Waals surface area (Å²) in [4.78, 5) is 19.8. The molecule has 1 aromatic heterocycles. The largest absolute Gasteiger partial charge is 0.312 e. The molecule has 4 rings (SSSR count). The zero-order valence-corrected chi connectivity index (χ0v) is 14.8. The number of carbonyl (C=O) groups excluding carboxylic acids is 1. The van der Waals surface area contributed by atoms with Gasteiger partial charge in [-0.3, -0.25) is 9.79 Å². The summed E-state index contributed by atoms with van der Waals surface area (Å²) in [6.45, 7) is 0.175. The van der Waals surface area contributed by atoms with E-state index in [9.17, 15) is 4.79 Å². The van der Waals surface area contributed by atoms with Gasteiger partial charge in [-0.25, -0.2) is 0 Å². The fourth-order valence-corrected chi connectivity index (χ4v) is 4.50. The van der Waals surface area contributed by atoms with Gasteiger partial charge in [0.1, 0.15) is 6.54 Å². The van der Waals surface area contributed by atoms with Crippen LogP contribution in [0.4, 0.5) is 5.69 Å². The van der Waals surface area contributed by atoms with E-state index >= 15 is 0 Å². The maximum Gasteiger partial charge on any atom is 0.248 e. The monoisotopic (exact) mass is 384 g/mol. The van der Waals surface area contributed by atoms with E-state index in [1.165, 1.54) is 4.70 Å². The second kappa shape index (κ2) is 5.58. The van der Waals surface area contributed by atoms with Crippen molar-refractivity contribution >= 4 is 54.7 Å². The molecule has 114 valence electrons. The third-order valence-corrected chi connectivity index (χ3v) is 5.62. The minimum absolute atomic E-state index is 0.0137. The van der Waals surface area contributed by atoms with E-state index in [-0.39, 0.29) is 12.5 Å². The van der Waals surface area contributed by atoms with E-state index in [0.717, 1.165) is 31.7 Å². The molecule has 3 aromatic rings. The molecule has 0 N–H and O–H groups in total. The normalized spacial score (nSPS) is 14.6. The van der Waals surface area contributed by atoms with Gasteiger partial charge in [0.05, 0.1) is 16.3 Å². The van der Waals surface area contributed by atoms with Crippen LogP contribution in [0.15, 0.2) is 58.0 Å². The average Bonchev–Trinajstić information content (AvgIpc) is 2.88. The molecule has 1 aliphatic heterocycles. The van der Waals surface area contributed by atoms with Gasteiger partial charge in [-0.15, -0.1) is 11.3 Å². The van der Waals surface area contributed by atoms with Crippen LogP contribution in [-0.2, 0) is 4.79 Å². The molecule has 23 heavy (non-hydrogen) atoms. The Balaban J connectivity index is 2.02. The molecular weight excluding hydrogens is 372 g/mol. The minimum Gasteiger partial charge on any atom is -0.312 e. The Hall–Kier alpha value is -1.98. The van der Waals surface area contributed by atoms with Crippen LogP contribution in [0.3, 0.4) is 0 Å². The van der Waals surface area contributed by atoms with Crippen molar-refractivity contribution in [2.45, 2.75) is 0 Å². The van der Waals surface area contributed by atoms with Gasteiger partial charge in [0.2, 0.25) is 5.91 Å². The van der Waals surface area contributed by atoms with Gasteiger partial charge in [-0.2, -0.15) is 0 Å². The average molecular weight is 385 g/mol. The number of aliphatic imine (C=N–C) groups is 1. The lowest BCUT2D eigenvalue weighted by Gasteiger charge is -2.15. The molecule has 0 aliphatic carbocycles. The number of likely N-dealkylation sites (N-methyl/N-ethyl adjacent to an activating group) is 1. The quantitative estimate of drug-likeness (QED) is 0.608. The smallest absolute Gasteiger partial charge is 0.248 e. The second-order valence-corrected chi connectivity index (χ2v) is 7.37. The summed E-state index contributed by atoms with van der Waals surface area (Å²) in [5.74, 6) is 0.0137. The van der Waals surface area contributed by atoms with E-state index < -0.39 is 0 Å². The minimum atomic E-state index is 0.0137. The number of hydrogen-bond donors (Lipinski definition) is 0. The molecular formula is C18H13BrN2OS. The summed E-state index contributed by atoms with van der Waals surface area (Å²) in [5, 5.41) is 1.10. The molecule has 2 heterocycles. The highest BCUT2D eigenvalue weighted by Crippen LogP contribution is 2.40. The van der Waals surface area contributed by atoms with Gasteiger partial charge in [-0.1, -0.05) is 46.3 Å².